The van der Waals surface area contributed by atoms with E-state index >= 15 is 0 Å². The van der Waals surface area contributed by atoms with Crippen molar-refractivity contribution in [2.24, 2.45) is 56.2 Å². The second-order valence-electron chi connectivity index (χ2n) is 23.0. The highest BCUT2D eigenvalue weighted by Crippen LogP contribution is 2.76. The van der Waals surface area contributed by atoms with Gasteiger partial charge >= 0.3 is 11.9 Å². The standard InChI is InChI=1S/C53H82N2O6/c1-36(2)44(45(57)58)55-43(56)23-19-14-12-10-11-13-15-20-34-54-47(60)53-32-30-48(3,4)35-39(53)38-24-25-41-50(7)28-27-42(61-46(59)37-21-17-16-18-22-37)49(5,6)40(50)26-29-52(41,9)51(38,8)31-33-53/h16-18,21-22,24,36,39-42,44H,10-15,19-20,23,25-35H2,1-9H3,(H,54,60)(H,55,56)(H,57,58)/t39?,40?,41?,42-,44-,50-,51+,52+,53-/m0/s1. The van der Waals surface area contributed by atoms with E-state index in [1.807, 2.05) is 30.3 Å². The Morgan fingerprint density at radius 1 is 0.770 bits per heavy atom. The first-order valence-corrected chi connectivity index (χ1v) is 24.5. The van der Waals surface area contributed by atoms with Crippen LogP contribution in [0.3, 0.4) is 0 Å². The fraction of sp³-hybridized carbons (Fsp3) is 0.774. The van der Waals surface area contributed by atoms with Crippen LogP contribution in [0.15, 0.2) is 42.0 Å². The lowest BCUT2D eigenvalue weighted by atomic mass is 9.33. The first kappa shape index (κ1) is 47.3. The molecule has 0 aromatic heterocycles. The van der Waals surface area contributed by atoms with Crippen LogP contribution in [0.4, 0.5) is 0 Å². The Balaban J connectivity index is 1.03. The van der Waals surface area contributed by atoms with Gasteiger partial charge in [0.15, 0.2) is 0 Å². The van der Waals surface area contributed by atoms with Crippen molar-refractivity contribution in [2.75, 3.05) is 6.54 Å². The number of carbonyl (C=O) groups excluding carboxylic acids is 3. The minimum absolute atomic E-state index is 0.0517. The van der Waals surface area contributed by atoms with Gasteiger partial charge in [-0.15, -0.1) is 0 Å². The first-order chi connectivity index (χ1) is 28.7. The van der Waals surface area contributed by atoms with E-state index in [0.29, 0.717) is 29.7 Å². The SMILES string of the molecule is CC(C)[C@H](NC(=O)CCCCCCCCCCNC(=O)[C@]12CCC(C)(C)CC1C1=CCC3[C@@]4(C)CC[C@H](OC(=O)c5ccccc5)C(C)(C)C4CC[C@@]3(C)[C@]1(C)CC2)C(=O)O. The number of hydrogen-bond donors (Lipinski definition) is 3. The van der Waals surface area contributed by atoms with Crippen molar-refractivity contribution >= 4 is 23.8 Å². The van der Waals surface area contributed by atoms with Crippen LogP contribution in [0.5, 0.6) is 0 Å². The molecular formula is C53H82N2O6. The van der Waals surface area contributed by atoms with Crippen molar-refractivity contribution in [2.45, 2.75) is 196 Å². The maximum atomic E-state index is 14.6. The lowest BCUT2D eigenvalue weighted by Crippen LogP contribution is -2.65. The lowest BCUT2D eigenvalue weighted by Gasteiger charge is -2.71. The number of fused-ring (bicyclic) bond motifs is 7. The molecule has 8 heteroatoms. The van der Waals surface area contributed by atoms with Gasteiger partial charge in [-0.2, -0.15) is 0 Å². The summed E-state index contributed by atoms with van der Waals surface area (Å²) in [7, 11) is 0. The Labute approximate surface area is 369 Å². The van der Waals surface area contributed by atoms with E-state index in [0.717, 1.165) is 116 Å². The number of unbranched alkanes of at least 4 members (excludes halogenated alkanes) is 7. The Hall–Kier alpha value is -3.16. The van der Waals surface area contributed by atoms with Crippen molar-refractivity contribution in [1.29, 1.82) is 0 Å². The molecule has 5 aliphatic carbocycles. The van der Waals surface area contributed by atoms with E-state index in [9.17, 15) is 24.3 Å². The van der Waals surface area contributed by atoms with E-state index < -0.39 is 12.0 Å². The van der Waals surface area contributed by atoms with Gasteiger partial charge < -0.3 is 20.5 Å². The summed E-state index contributed by atoms with van der Waals surface area (Å²) in [5.74, 6) is 0.106. The third-order valence-electron chi connectivity index (χ3n) is 18.2. The van der Waals surface area contributed by atoms with Gasteiger partial charge in [0.05, 0.1) is 11.0 Å². The molecule has 340 valence electrons. The molecule has 4 fully saturated rings. The number of carbonyl (C=O) groups is 4. The summed E-state index contributed by atoms with van der Waals surface area (Å²) in [6.45, 7) is 21.8. The highest BCUT2D eigenvalue weighted by molar-refractivity contribution is 5.89. The van der Waals surface area contributed by atoms with Crippen LogP contribution in [-0.2, 0) is 19.1 Å². The lowest BCUT2D eigenvalue weighted by molar-refractivity contribution is -0.204. The molecule has 4 saturated carbocycles. The van der Waals surface area contributed by atoms with Crippen molar-refractivity contribution in [3.05, 3.63) is 47.5 Å². The molecule has 0 radical (unpaired) electrons. The molecular weight excluding hydrogens is 761 g/mol. The van der Waals surface area contributed by atoms with Gasteiger partial charge in [0.2, 0.25) is 11.8 Å². The molecule has 2 amide bonds. The van der Waals surface area contributed by atoms with E-state index in [1.54, 1.807) is 19.4 Å². The van der Waals surface area contributed by atoms with Crippen LogP contribution >= 0.6 is 0 Å². The fourth-order valence-corrected chi connectivity index (χ4v) is 14.2. The molecule has 3 unspecified atom stereocenters. The van der Waals surface area contributed by atoms with E-state index in [-0.39, 0.29) is 62.3 Å². The average Bonchev–Trinajstić information content (AvgIpc) is 3.20. The number of carboxylic acid groups (broad SMARTS) is 1. The normalized spacial score (nSPS) is 34.0. The minimum Gasteiger partial charge on any atom is -0.480 e. The number of nitrogens with one attached hydrogen (secondary N) is 2. The molecule has 6 rings (SSSR count). The highest BCUT2D eigenvalue weighted by Gasteiger charge is 2.69. The number of carboxylic acids is 1. The van der Waals surface area contributed by atoms with Crippen LogP contribution in [0.1, 0.15) is 195 Å². The second-order valence-corrected chi connectivity index (χ2v) is 23.0. The smallest absolute Gasteiger partial charge is 0.338 e. The van der Waals surface area contributed by atoms with Gasteiger partial charge in [0.1, 0.15) is 12.1 Å². The molecule has 5 aliphatic rings. The van der Waals surface area contributed by atoms with Gasteiger partial charge in [-0.3, -0.25) is 9.59 Å². The van der Waals surface area contributed by atoms with E-state index in [1.165, 1.54) is 6.42 Å². The van der Waals surface area contributed by atoms with Crippen molar-refractivity contribution in [1.82, 2.24) is 10.6 Å². The highest BCUT2D eigenvalue weighted by atomic mass is 16.5. The zero-order chi connectivity index (χ0) is 44.4. The Morgan fingerprint density at radius 2 is 1.41 bits per heavy atom. The summed E-state index contributed by atoms with van der Waals surface area (Å²) in [4.78, 5) is 51.5. The largest absolute Gasteiger partial charge is 0.480 e. The van der Waals surface area contributed by atoms with Gasteiger partial charge in [-0.05, 0) is 135 Å². The summed E-state index contributed by atoms with van der Waals surface area (Å²) in [6.07, 6.45) is 21.9. The summed E-state index contributed by atoms with van der Waals surface area (Å²) < 4.78 is 6.35. The zero-order valence-electron chi connectivity index (χ0n) is 39.6. The second kappa shape index (κ2) is 18.5. The number of aliphatic carboxylic acids is 1. The summed E-state index contributed by atoms with van der Waals surface area (Å²) >= 11 is 0. The summed E-state index contributed by atoms with van der Waals surface area (Å²) in [5.41, 5.74) is 2.34. The predicted octanol–water partition coefficient (Wildman–Crippen LogP) is 11.9. The fourth-order valence-electron chi connectivity index (χ4n) is 14.2. The van der Waals surface area contributed by atoms with E-state index in [2.05, 4.69) is 65.2 Å². The third-order valence-corrected chi connectivity index (χ3v) is 18.2. The number of benzene rings is 1. The molecule has 8 nitrogen and oxygen atoms in total. The molecule has 0 heterocycles. The predicted molar refractivity (Wildman–Crippen MR) is 244 cm³/mol. The molecule has 3 N–H and O–H groups in total. The molecule has 0 saturated heterocycles. The number of allylic oxidation sites excluding steroid dienone is 2. The molecule has 0 aliphatic heterocycles. The Morgan fingerprint density at radius 3 is 2.07 bits per heavy atom. The van der Waals surface area contributed by atoms with Crippen LogP contribution < -0.4 is 10.6 Å². The van der Waals surface area contributed by atoms with Gasteiger partial charge in [-0.1, -0.05) is 131 Å². The Kier molecular flexibility index (Phi) is 14.4. The topological polar surface area (TPSA) is 122 Å². The first-order valence-electron chi connectivity index (χ1n) is 24.5. The van der Waals surface area contributed by atoms with Crippen molar-refractivity contribution in [3.63, 3.8) is 0 Å². The quantitative estimate of drug-likeness (QED) is 0.0816. The van der Waals surface area contributed by atoms with E-state index in [4.69, 9.17) is 4.74 Å². The van der Waals surface area contributed by atoms with Gasteiger partial charge in [0, 0.05) is 18.4 Å². The van der Waals surface area contributed by atoms with Crippen LogP contribution in [0.2, 0.25) is 0 Å². The van der Waals surface area contributed by atoms with Crippen LogP contribution in [-0.4, -0.2) is 47.6 Å². The summed E-state index contributed by atoms with van der Waals surface area (Å²) in [6, 6.07) is 8.64. The minimum atomic E-state index is -0.977. The van der Waals surface area contributed by atoms with Gasteiger partial charge in [-0.25, -0.2) is 9.59 Å². The maximum Gasteiger partial charge on any atom is 0.338 e. The van der Waals surface area contributed by atoms with Crippen molar-refractivity contribution in [3.8, 4) is 0 Å². The number of hydrogen-bond acceptors (Lipinski definition) is 5. The number of amides is 2. The molecule has 61 heavy (non-hydrogen) atoms. The number of ether oxygens (including phenoxy) is 1. The number of esters is 1. The Bertz CT molecular complexity index is 1770. The van der Waals surface area contributed by atoms with Crippen LogP contribution in [0.25, 0.3) is 0 Å². The molecule has 1 aromatic rings. The zero-order valence-corrected chi connectivity index (χ0v) is 39.6. The molecule has 1 aromatic carbocycles. The van der Waals surface area contributed by atoms with Crippen LogP contribution in [0, 0.1) is 56.2 Å². The van der Waals surface area contributed by atoms with Crippen molar-refractivity contribution < 1.29 is 29.0 Å². The van der Waals surface area contributed by atoms with Gasteiger partial charge in [0.25, 0.3) is 0 Å². The summed E-state index contributed by atoms with van der Waals surface area (Å²) in [5, 5.41) is 15.5. The monoisotopic (exact) mass is 843 g/mol. The average molecular weight is 843 g/mol. The maximum absolute atomic E-state index is 14.6. The molecule has 9 atom stereocenters. The molecule has 0 bridgehead atoms. The number of rotatable bonds is 17. The molecule has 0 spiro atoms. The third kappa shape index (κ3) is 9.26.